The van der Waals surface area contributed by atoms with E-state index in [9.17, 15) is 4.39 Å². The van der Waals surface area contributed by atoms with Crippen LogP contribution in [0.25, 0.3) is 33.5 Å². The van der Waals surface area contributed by atoms with Crippen molar-refractivity contribution in [2.75, 3.05) is 0 Å². The number of rotatable bonds is 4. The van der Waals surface area contributed by atoms with Crippen molar-refractivity contribution in [3.8, 4) is 22.5 Å². The van der Waals surface area contributed by atoms with Gasteiger partial charge in [-0.05, 0) is 48.5 Å². The fourth-order valence-electron chi connectivity index (χ4n) is 3.34. The second-order valence-electron chi connectivity index (χ2n) is 6.25. The molecule has 4 heterocycles. The minimum absolute atomic E-state index is 0.271. The molecule has 1 aromatic carbocycles. The first-order chi connectivity index (χ1) is 13.3. The van der Waals surface area contributed by atoms with E-state index < -0.39 is 0 Å². The summed E-state index contributed by atoms with van der Waals surface area (Å²) < 4.78 is 21.0. The zero-order chi connectivity index (χ0) is 18.2. The van der Waals surface area contributed by atoms with Gasteiger partial charge in [0.15, 0.2) is 0 Å². The van der Waals surface area contributed by atoms with Crippen LogP contribution in [-0.2, 0) is 6.54 Å². The van der Waals surface area contributed by atoms with Crippen LogP contribution in [0, 0.1) is 5.82 Å². The summed E-state index contributed by atoms with van der Waals surface area (Å²) in [6.07, 6.45) is 7.08. The van der Waals surface area contributed by atoms with Gasteiger partial charge in [-0.25, -0.2) is 14.4 Å². The van der Waals surface area contributed by atoms with Gasteiger partial charge in [0, 0.05) is 28.9 Å². The second-order valence-corrected chi connectivity index (χ2v) is 6.25. The quantitative estimate of drug-likeness (QED) is 0.498. The third kappa shape index (κ3) is 2.71. The van der Waals surface area contributed by atoms with Crippen LogP contribution in [0.3, 0.4) is 0 Å². The molecule has 0 aliphatic rings. The Hall–Kier alpha value is -3.67. The lowest BCUT2D eigenvalue weighted by atomic mass is 10.0. The number of halogens is 1. The van der Waals surface area contributed by atoms with Crippen LogP contribution in [0.15, 0.2) is 77.9 Å². The number of nitrogens with zero attached hydrogens (tertiary/aromatic N) is 3. The minimum atomic E-state index is -0.271. The molecular formula is C21H15FN4O. The zero-order valence-corrected chi connectivity index (χ0v) is 14.3. The lowest BCUT2D eigenvalue weighted by molar-refractivity contribution is 0.494. The number of pyridine rings is 1. The smallest absolute Gasteiger partial charge is 0.137 e. The van der Waals surface area contributed by atoms with Crippen molar-refractivity contribution in [1.82, 2.24) is 19.5 Å². The lowest BCUT2D eigenvalue weighted by Gasteiger charge is -2.11. The molecule has 1 N–H and O–H groups in total. The van der Waals surface area contributed by atoms with E-state index in [1.165, 1.54) is 12.1 Å². The summed E-state index contributed by atoms with van der Waals surface area (Å²) in [4.78, 5) is 12.2. The van der Waals surface area contributed by atoms with E-state index in [1.807, 2.05) is 35.0 Å². The van der Waals surface area contributed by atoms with Crippen LogP contribution in [0.2, 0.25) is 0 Å². The Morgan fingerprint density at radius 3 is 2.74 bits per heavy atom. The van der Waals surface area contributed by atoms with E-state index in [2.05, 4.69) is 15.0 Å². The van der Waals surface area contributed by atoms with Gasteiger partial charge in [-0.2, -0.15) is 0 Å². The Balaban J connectivity index is 1.74. The Morgan fingerprint density at radius 2 is 1.93 bits per heavy atom. The molecule has 0 spiro atoms. The molecule has 0 unspecified atom stereocenters. The minimum Gasteiger partial charge on any atom is -0.467 e. The first-order valence-corrected chi connectivity index (χ1v) is 8.55. The third-order valence-corrected chi connectivity index (χ3v) is 4.58. The van der Waals surface area contributed by atoms with Crippen LogP contribution in [0.5, 0.6) is 0 Å². The molecule has 5 rings (SSSR count). The average Bonchev–Trinajstić information content (AvgIpc) is 3.43. The highest BCUT2D eigenvalue weighted by molar-refractivity contribution is 5.95. The van der Waals surface area contributed by atoms with Gasteiger partial charge < -0.3 is 14.0 Å². The number of aromatic nitrogens is 4. The van der Waals surface area contributed by atoms with E-state index in [1.54, 1.807) is 30.9 Å². The molecule has 4 aromatic heterocycles. The van der Waals surface area contributed by atoms with Crippen LogP contribution in [0.1, 0.15) is 5.76 Å². The van der Waals surface area contributed by atoms with Crippen molar-refractivity contribution < 1.29 is 8.81 Å². The summed E-state index contributed by atoms with van der Waals surface area (Å²) >= 11 is 0. The number of imidazole rings is 1. The van der Waals surface area contributed by atoms with Crippen molar-refractivity contribution >= 4 is 11.0 Å². The predicted octanol–water partition coefficient (Wildman–Crippen LogP) is 4.87. The standard InChI is InChI=1S/C21H15FN4O/c22-15-5-3-14(4-6-15)19-20(17-7-9-23-21-18(17)8-10-24-21)26(13-25-19)12-16-2-1-11-27-16/h1-11,13H,12H2,(H,23,24). The molecule has 6 heteroatoms. The molecule has 0 radical (unpaired) electrons. The molecule has 0 fully saturated rings. The van der Waals surface area contributed by atoms with Gasteiger partial charge in [0.25, 0.3) is 0 Å². The molecule has 5 aromatic rings. The molecule has 5 nitrogen and oxygen atoms in total. The molecular weight excluding hydrogens is 343 g/mol. The first-order valence-electron chi connectivity index (χ1n) is 8.55. The van der Waals surface area contributed by atoms with Crippen LogP contribution >= 0.6 is 0 Å². The summed E-state index contributed by atoms with van der Waals surface area (Å²) in [5.74, 6) is 0.561. The van der Waals surface area contributed by atoms with Crippen molar-refractivity contribution in [1.29, 1.82) is 0 Å². The fraction of sp³-hybridized carbons (Fsp3) is 0.0476. The number of H-pyrrole nitrogens is 1. The lowest BCUT2D eigenvalue weighted by Crippen LogP contribution is -2.00. The molecule has 0 amide bonds. The number of furan rings is 1. The summed E-state index contributed by atoms with van der Waals surface area (Å²) in [5.41, 5.74) is 4.39. The fourth-order valence-corrected chi connectivity index (χ4v) is 3.34. The van der Waals surface area contributed by atoms with Gasteiger partial charge in [-0.15, -0.1) is 0 Å². The Bertz CT molecular complexity index is 1200. The SMILES string of the molecule is Fc1ccc(-c2ncn(Cc3ccco3)c2-c2ccnc3[nH]ccc23)cc1. The highest BCUT2D eigenvalue weighted by atomic mass is 19.1. The largest absolute Gasteiger partial charge is 0.467 e. The molecule has 0 saturated heterocycles. The van der Waals surface area contributed by atoms with Gasteiger partial charge in [-0.1, -0.05) is 0 Å². The number of aromatic amines is 1. The number of hydrogen-bond acceptors (Lipinski definition) is 3. The topological polar surface area (TPSA) is 59.6 Å². The third-order valence-electron chi connectivity index (χ3n) is 4.58. The van der Waals surface area contributed by atoms with E-state index in [4.69, 9.17) is 4.42 Å². The van der Waals surface area contributed by atoms with E-state index in [-0.39, 0.29) is 5.82 Å². The molecule has 0 bridgehead atoms. The molecule has 0 aliphatic heterocycles. The molecule has 0 atom stereocenters. The summed E-state index contributed by atoms with van der Waals surface area (Å²) in [5, 5.41) is 1.00. The van der Waals surface area contributed by atoms with Crippen molar-refractivity contribution in [2.24, 2.45) is 0 Å². The highest BCUT2D eigenvalue weighted by Gasteiger charge is 2.18. The number of fused-ring (bicyclic) bond motifs is 1. The van der Waals surface area contributed by atoms with Crippen LogP contribution in [0.4, 0.5) is 4.39 Å². The number of hydrogen-bond donors (Lipinski definition) is 1. The normalized spacial score (nSPS) is 11.3. The Kier molecular flexibility index (Phi) is 3.60. The summed E-state index contributed by atoms with van der Waals surface area (Å²) in [6.45, 7) is 0.546. The number of benzene rings is 1. The summed E-state index contributed by atoms with van der Waals surface area (Å²) in [7, 11) is 0. The van der Waals surface area contributed by atoms with Gasteiger partial charge >= 0.3 is 0 Å². The predicted molar refractivity (Wildman–Crippen MR) is 101 cm³/mol. The van der Waals surface area contributed by atoms with Crippen molar-refractivity contribution in [3.05, 3.63) is 85.1 Å². The molecule has 132 valence electrons. The maximum atomic E-state index is 13.4. The Morgan fingerprint density at radius 1 is 1.04 bits per heavy atom. The monoisotopic (exact) mass is 358 g/mol. The van der Waals surface area contributed by atoms with Crippen LogP contribution < -0.4 is 0 Å². The highest BCUT2D eigenvalue weighted by Crippen LogP contribution is 2.35. The van der Waals surface area contributed by atoms with Gasteiger partial charge in [-0.3, -0.25) is 0 Å². The van der Waals surface area contributed by atoms with E-state index in [0.29, 0.717) is 6.54 Å². The van der Waals surface area contributed by atoms with E-state index >= 15 is 0 Å². The summed E-state index contributed by atoms with van der Waals surface area (Å²) in [6, 6.07) is 14.1. The van der Waals surface area contributed by atoms with Gasteiger partial charge in [0.2, 0.25) is 0 Å². The van der Waals surface area contributed by atoms with Crippen LogP contribution in [-0.4, -0.2) is 19.5 Å². The molecule has 0 aliphatic carbocycles. The number of nitrogens with one attached hydrogen (secondary N) is 1. The van der Waals surface area contributed by atoms with E-state index in [0.717, 1.165) is 39.3 Å². The zero-order valence-electron chi connectivity index (χ0n) is 14.3. The maximum absolute atomic E-state index is 13.4. The average molecular weight is 358 g/mol. The molecule has 27 heavy (non-hydrogen) atoms. The molecule has 0 saturated carbocycles. The van der Waals surface area contributed by atoms with Gasteiger partial charge in [0.1, 0.15) is 17.2 Å². The first kappa shape index (κ1) is 15.6. The van der Waals surface area contributed by atoms with Crippen molar-refractivity contribution in [3.63, 3.8) is 0 Å². The Labute approximate surface area is 154 Å². The van der Waals surface area contributed by atoms with Crippen molar-refractivity contribution in [2.45, 2.75) is 6.54 Å². The second kappa shape index (κ2) is 6.25. The maximum Gasteiger partial charge on any atom is 0.137 e. The van der Waals surface area contributed by atoms with Gasteiger partial charge in [0.05, 0.1) is 30.5 Å².